The molecule has 1 heterocycles. The van der Waals surface area contributed by atoms with Crippen LogP contribution in [0.1, 0.15) is 12.5 Å². The molecule has 0 bridgehead atoms. The summed E-state index contributed by atoms with van der Waals surface area (Å²) in [5, 5.41) is 0. The molecule has 2 rings (SSSR count). The Morgan fingerprint density at radius 3 is 2.53 bits per heavy atom. The van der Waals surface area contributed by atoms with Gasteiger partial charge in [0.2, 0.25) is 0 Å². The van der Waals surface area contributed by atoms with Gasteiger partial charge in [0.25, 0.3) is 0 Å². The maximum absolute atomic E-state index is 13.0. The number of hydrogen-bond acceptors (Lipinski definition) is 2. The average molecular weight is 206 g/mol. The average Bonchev–Trinajstić information content (AvgIpc) is 2.49. The predicted octanol–water partition coefficient (Wildman–Crippen LogP) is 2.70. The van der Waals surface area contributed by atoms with E-state index in [4.69, 9.17) is 0 Å². The first-order chi connectivity index (χ1) is 7.09. The van der Waals surface area contributed by atoms with E-state index in [1.807, 2.05) is 32.4 Å². The second-order valence-corrected chi connectivity index (χ2v) is 3.93. The first-order valence-corrected chi connectivity index (χ1v) is 5.04. The van der Waals surface area contributed by atoms with Gasteiger partial charge in [0.15, 0.2) is 0 Å². The van der Waals surface area contributed by atoms with Crippen molar-refractivity contribution in [3.05, 3.63) is 42.0 Å². The highest BCUT2D eigenvalue weighted by Gasteiger charge is 2.21. The summed E-state index contributed by atoms with van der Waals surface area (Å²) in [4.78, 5) is 4.25. The van der Waals surface area contributed by atoms with E-state index in [-0.39, 0.29) is 12.0 Å². The van der Waals surface area contributed by atoms with E-state index in [0.717, 1.165) is 11.3 Å². The zero-order valence-electron chi connectivity index (χ0n) is 9.24. The van der Waals surface area contributed by atoms with Crippen LogP contribution in [0.5, 0.6) is 0 Å². The lowest BCUT2D eigenvalue weighted by Crippen LogP contribution is -2.33. The molecular weight excluding hydrogens is 191 g/mol. The Hall–Kier alpha value is -1.51. The lowest BCUT2D eigenvalue weighted by Gasteiger charge is -2.28. The van der Waals surface area contributed by atoms with Gasteiger partial charge in [-0.3, -0.25) is 0 Å². The van der Waals surface area contributed by atoms with Gasteiger partial charge in [-0.15, -0.1) is 0 Å². The number of rotatable bonds is 1. The molecule has 0 unspecified atom stereocenters. The van der Waals surface area contributed by atoms with E-state index in [1.54, 1.807) is 6.07 Å². The molecule has 0 N–H and O–H groups in total. The second-order valence-electron chi connectivity index (χ2n) is 3.93. The van der Waals surface area contributed by atoms with Gasteiger partial charge >= 0.3 is 0 Å². The van der Waals surface area contributed by atoms with Crippen molar-refractivity contribution in [2.45, 2.75) is 20.0 Å². The molecule has 80 valence electrons. The smallest absolute Gasteiger partial charge is 0.123 e. The zero-order valence-corrected chi connectivity index (χ0v) is 9.24. The second kappa shape index (κ2) is 3.57. The van der Waals surface area contributed by atoms with Gasteiger partial charge in [-0.05, 0) is 37.6 Å². The topological polar surface area (TPSA) is 6.48 Å². The zero-order chi connectivity index (χ0) is 11.0. The normalized spacial score (nSPS) is 20.1. The van der Waals surface area contributed by atoms with Crippen LogP contribution in [0.25, 0.3) is 0 Å². The first kappa shape index (κ1) is 10.0. The Labute approximate surface area is 89.6 Å². The lowest BCUT2D eigenvalue weighted by molar-refractivity contribution is 0.383. The van der Waals surface area contributed by atoms with Gasteiger partial charge in [-0.1, -0.05) is 0 Å². The number of benzene rings is 1. The Morgan fingerprint density at radius 2 is 2.00 bits per heavy atom. The largest absolute Gasteiger partial charge is 0.359 e. The third-order valence-corrected chi connectivity index (χ3v) is 2.89. The quantitative estimate of drug-likeness (QED) is 0.697. The minimum Gasteiger partial charge on any atom is -0.359 e. The molecule has 0 saturated heterocycles. The maximum Gasteiger partial charge on any atom is 0.123 e. The van der Waals surface area contributed by atoms with Crippen LogP contribution >= 0.6 is 0 Å². The Balaban J connectivity index is 2.35. The molecule has 0 fully saturated rings. The van der Waals surface area contributed by atoms with E-state index in [0.29, 0.717) is 0 Å². The van der Waals surface area contributed by atoms with Crippen molar-refractivity contribution in [3.8, 4) is 0 Å². The van der Waals surface area contributed by atoms with E-state index in [9.17, 15) is 4.39 Å². The highest BCUT2D eigenvalue weighted by Crippen LogP contribution is 2.27. The van der Waals surface area contributed by atoms with Gasteiger partial charge in [0.1, 0.15) is 12.0 Å². The first-order valence-electron chi connectivity index (χ1n) is 5.04. The highest BCUT2D eigenvalue weighted by atomic mass is 19.1. The molecule has 15 heavy (non-hydrogen) atoms. The van der Waals surface area contributed by atoms with Gasteiger partial charge < -0.3 is 9.80 Å². The van der Waals surface area contributed by atoms with Crippen molar-refractivity contribution in [2.24, 2.45) is 0 Å². The molecule has 2 nitrogen and oxygen atoms in total. The summed E-state index contributed by atoms with van der Waals surface area (Å²) < 4.78 is 13.0. The molecule has 1 aromatic rings. The Kier molecular flexibility index (Phi) is 2.39. The van der Waals surface area contributed by atoms with E-state index in [2.05, 4.69) is 16.7 Å². The molecule has 1 aliphatic rings. The third kappa shape index (κ3) is 1.69. The monoisotopic (exact) mass is 206 g/mol. The van der Waals surface area contributed by atoms with Gasteiger partial charge in [0.05, 0.1) is 0 Å². The van der Waals surface area contributed by atoms with Crippen molar-refractivity contribution >= 4 is 5.69 Å². The SMILES string of the molecule is Cc1cc(F)ccc1N1C=CN(C)[C@@H]1C. The molecule has 0 amide bonds. The fourth-order valence-corrected chi connectivity index (χ4v) is 1.81. The summed E-state index contributed by atoms with van der Waals surface area (Å²) in [7, 11) is 2.03. The van der Waals surface area contributed by atoms with Crippen molar-refractivity contribution in [2.75, 3.05) is 11.9 Å². The summed E-state index contributed by atoms with van der Waals surface area (Å²) in [6, 6.07) is 4.89. The minimum absolute atomic E-state index is 0.180. The third-order valence-electron chi connectivity index (χ3n) is 2.89. The number of anilines is 1. The van der Waals surface area contributed by atoms with Crippen LogP contribution in [0.15, 0.2) is 30.6 Å². The molecule has 0 aliphatic carbocycles. The van der Waals surface area contributed by atoms with Crippen LogP contribution in [0, 0.1) is 12.7 Å². The van der Waals surface area contributed by atoms with Crippen LogP contribution in [-0.4, -0.2) is 18.1 Å². The van der Waals surface area contributed by atoms with Gasteiger partial charge in [-0.2, -0.15) is 0 Å². The fourth-order valence-electron chi connectivity index (χ4n) is 1.81. The van der Waals surface area contributed by atoms with Crippen LogP contribution in [0.3, 0.4) is 0 Å². The maximum atomic E-state index is 13.0. The lowest BCUT2D eigenvalue weighted by atomic mass is 10.2. The molecule has 0 aromatic heterocycles. The summed E-state index contributed by atoms with van der Waals surface area (Å²) in [6.45, 7) is 4.04. The molecule has 1 aromatic carbocycles. The molecule has 3 heteroatoms. The Morgan fingerprint density at radius 1 is 1.27 bits per heavy atom. The Bertz CT molecular complexity index is 401. The van der Waals surface area contributed by atoms with Gasteiger partial charge in [-0.25, -0.2) is 4.39 Å². The molecule has 0 spiro atoms. The van der Waals surface area contributed by atoms with Crippen molar-refractivity contribution in [3.63, 3.8) is 0 Å². The summed E-state index contributed by atoms with van der Waals surface area (Å²) in [6.07, 6.45) is 4.33. The number of aryl methyl sites for hydroxylation is 1. The van der Waals surface area contributed by atoms with Crippen LogP contribution in [0.4, 0.5) is 10.1 Å². The number of nitrogens with zero attached hydrogens (tertiary/aromatic N) is 2. The van der Waals surface area contributed by atoms with E-state index < -0.39 is 0 Å². The molecule has 1 atom stereocenters. The minimum atomic E-state index is -0.180. The fraction of sp³-hybridized carbons (Fsp3) is 0.333. The van der Waals surface area contributed by atoms with Crippen molar-refractivity contribution in [1.82, 2.24) is 4.90 Å². The van der Waals surface area contributed by atoms with Crippen molar-refractivity contribution < 1.29 is 4.39 Å². The van der Waals surface area contributed by atoms with Crippen LogP contribution in [0.2, 0.25) is 0 Å². The number of halogens is 1. The van der Waals surface area contributed by atoms with Gasteiger partial charge in [0, 0.05) is 25.1 Å². The summed E-state index contributed by atoms with van der Waals surface area (Å²) in [5.41, 5.74) is 2.02. The molecule has 1 aliphatic heterocycles. The molecular formula is C12H15FN2. The number of hydrogen-bond donors (Lipinski definition) is 0. The summed E-state index contributed by atoms with van der Waals surface area (Å²) in [5.74, 6) is -0.180. The van der Waals surface area contributed by atoms with Crippen LogP contribution in [-0.2, 0) is 0 Å². The predicted molar refractivity (Wildman–Crippen MR) is 60.0 cm³/mol. The molecule has 0 saturated carbocycles. The van der Waals surface area contributed by atoms with E-state index in [1.165, 1.54) is 6.07 Å². The van der Waals surface area contributed by atoms with Crippen molar-refractivity contribution in [1.29, 1.82) is 0 Å². The molecule has 0 radical (unpaired) electrons. The highest BCUT2D eigenvalue weighted by molar-refractivity contribution is 5.57. The van der Waals surface area contributed by atoms with Crippen LogP contribution < -0.4 is 4.90 Å². The van der Waals surface area contributed by atoms with E-state index >= 15 is 0 Å². The standard InChI is InChI=1S/C12H15FN2/c1-9-8-11(13)4-5-12(9)15-7-6-14(3)10(15)2/h4-8,10H,1-3H3/t10-/m0/s1. The summed E-state index contributed by atoms with van der Waals surface area (Å²) >= 11 is 0.